The maximum atomic E-state index is 11.3. The minimum atomic E-state index is -0.328. The topological polar surface area (TPSA) is 72.3 Å². The molecule has 2 aromatic carbocycles. The first-order valence-electron chi connectivity index (χ1n) is 6.80. The predicted octanol–water partition coefficient (Wildman–Crippen LogP) is 2.00. The first-order valence-corrected chi connectivity index (χ1v) is 6.80. The number of benzene rings is 2. The zero-order chi connectivity index (χ0) is 14.7. The van der Waals surface area contributed by atoms with Gasteiger partial charge in [0.25, 0.3) is 0 Å². The van der Waals surface area contributed by atoms with E-state index < -0.39 is 0 Å². The van der Waals surface area contributed by atoms with Gasteiger partial charge in [-0.25, -0.2) is 0 Å². The molecule has 0 spiro atoms. The summed E-state index contributed by atoms with van der Waals surface area (Å²) in [5.41, 5.74) is 13.3. The van der Waals surface area contributed by atoms with Crippen LogP contribution in [0.2, 0.25) is 0 Å². The molecule has 4 nitrogen and oxygen atoms in total. The lowest BCUT2D eigenvalue weighted by molar-refractivity contribution is -0.116. The zero-order valence-corrected chi connectivity index (χ0v) is 12.0. The Labute approximate surface area is 119 Å². The maximum Gasteiger partial charge on any atom is 0.236 e. The number of carbonyl (C=O) groups is 1. The molecule has 4 N–H and O–H groups in total. The lowest BCUT2D eigenvalue weighted by Crippen LogP contribution is -2.38. The third-order valence-electron chi connectivity index (χ3n) is 3.47. The van der Waals surface area contributed by atoms with Gasteiger partial charge in [0.1, 0.15) is 0 Å². The molecule has 0 bridgehead atoms. The first kappa shape index (κ1) is 14.3. The molecule has 20 heavy (non-hydrogen) atoms. The number of fused-ring (bicyclic) bond motifs is 1. The van der Waals surface area contributed by atoms with Crippen LogP contribution in [0.3, 0.4) is 0 Å². The maximum absolute atomic E-state index is 11.3. The smallest absolute Gasteiger partial charge is 0.236 e. The van der Waals surface area contributed by atoms with Gasteiger partial charge >= 0.3 is 0 Å². The van der Waals surface area contributed by atoms with Gasteiger partial charge in [-0.2, -0.15) is 0 Å². The molecule has 0 radical (unpaired) electrons. The Kier molecular flexibility index (Phi) is 4.25. The van der Waals surface area contributed by atoms with Crippen LogP contribution in [-0.2, 0) is 11.3 Å². The van der Waals surface area contributed by atoms with Crippen molar-refractivity contribution >= 4 is 22.4 Å². The second-order valence-corrected chi connectivity index (χ2v) is 5.18. The highest BCUT2D eigenvalue weighted by Crippen LogP contribution is 2.30. The lowest BCUT2D eigenvalue weighted by atomic mass is 10.0. The Balaban J connectivity index is 2.61. The fourth-order valence-electron chi connectivity index (χ4n) is 2.49. The second kappa shape index (κ2) is 5.92. The number of amides is 1. The van der Waals surface area contributed by atoms with Crippen molar-refractivity contribution in [3.05, 3.63) is 42.0 Å². The van der Waals surface area contributed by atoms with Gasteiger partial charge in [-0.15, -0.1) is 0 Å². The molecule has 0 aliphatic carbocycles. The van der Waals surface area contributed by atoms with E-state index in [2.05, 4.69) is 26.0 Å². The molecule has 0 heterocycles. The van der Waals surface area contributed by atoms with Gasteiger partial charge in [0, 0.05) is 23.7 Å². The molecule has 0 aliphatic rings. The van der Waals surface area contributed by atoms with E-state index in [-0.39, 0.29) is 18.5 Å². The van der Waals surface area contributed by atoms with Crippen molar-refractivity contribution in [1.82, 2.24) is 0 Å². The van der Waals surface area contributed by atoms with E-state index in [4.69, 9.17) is 11.5 Å². The quantitative estimate of drug-likeness (QED) is 0.873. The molecule has 0 aliphatic heterocycles. The summed E-state index contributed by atoms with van der Waals surface area (Å²) in [5, 5.41) is 2.23. The van der Waals surface area contributed by atoms with Gasteiger partial charge in [-0.05, 0) is 30.9 Å². The van der Waals surface area contributed by atoms with Crippen molar-refractivity contribution in [1.29, 1.82) is 0 Å². The Morgan fingerprint density at radius 1 is 1.15 bits per heavy atom. The Morgan fingerprint density at radius 3 is 2.35 bits per heavy atom. The molecule has 106 valence electrons. The fourth-order valence-corrected chi connectivity index (χ4v) is 2.49. The van der Waals surface area contributed by atoms with Crippen molar-refractivity contribution in [2.75, 3.05) is 11.4 Å². The number of primary amides is 1. The van der Waals surface area contributed by atoms with Crippen molar-refractivity contribution < 1.29 is 4.79 Å². The summed E-state index contributed by atoms with van der Waals surface area (Å²) in [7, 11) is 0. The van der Waals surface area contributed by atoms with E-state index in [0.29, 0.717) is 6.54 Å². The van der Waals surface area contributed by atoms with Gasteiger partial charge in [0.15, 0.2) is 0 Å². The number of carbonyl (C=O) groups excluding carboxylic acids is 1. The highest BCUT2D eigenvalue weighted by atomic mass is 16.1. The van der Waals surface area contributed by atoms with Crippen LogP contribution in [-0.4, -0.2) is 18.5 Å². The Bertz CT molecular complexity index is 622. The largest absolute Gasteiger partial charge is 0.368 e. The summed E-state index contributed by atoms with van der Waals surface area (Å²) >= 11 is 0. The zero-order valence-electron chi connectivity index (χ0n) is 12.0. The number of nitrogens with two attached hydrogens (primary N) is 2. The Morgan fingerprint density at radius 2 is 1.80 bits per heavy atom. The standard InChI is InChI=1S/C16H21N3O/c1-11(2)19(10-16(18)20)15-8-7-12(9-17)13-5-3-4-6-14(13)15/h3-8,11H,9-10,17H2,1-2H3,(H2,18,20). The van der Waals surface area contributed by atoms with Gasteiger partial charge in [0.2, 0.25) is 5.91 Å². The summed E-state index contributed by atoms with van der Waals surface area (Å²) in [6.45, 7) is 4.81. The number of nitrogens with zero attached hydrogens (tertiary/aromatic N) is 1. The van der Waals surface area contributed by atoms with Crippen LogP contribution in [0, 0.1) is 0 Å². The van der Waals surface area contributed by atoms with Crippen LogP contribution in [0.4, 0.5) is 5.69 Å². The highest BCUT2D eigenvalue weighted by molar-refractivity contribution is 5.97. The summed E-state index contributed by atoms with van der Waals surface area (Å²) < 4.78 is 0. The lowest BCUT2D eigenvalue weighted by Gasteiger charge is -2.29. The van der Waals surface area contributed by atoms with Crippen LogP contribution in [0.5, 0.6) is 0 Å². The molecule has 0 atom stereocenters. The van der Waals surface area contributed by atoms with Crippen molar-refractivity contribution in [3.8, 4) is 0 Å². The second-order valence-electron chi connectivity index (χ2n) is 5.18. The van der Waals surface area contributed by atoms with E-state index in [1.165, 1.54) is 0 Å². The SMILES string of the molecule is CC(C)N(CC(N)=O)c1ccc(CN)c2ccccc12. The van der Waals surface area contributed by atoms with Gasteiger partial charge in [-0.3, -0.25) is 4.79 Å². The van der Waals surface area contributed by atoms with E-state index in [9.17, 15) is 4.79 Å². The van der Waals surface area contributed by atoms with E-state index in [1.54, 1.807) is 0 Å². The fraction of sp³-hybridized carbons (Fsp3) is 0.312. The third-order valence-corrected chi connectivity index (χ3v) is 3.47. The Hall–Kier alpha value is -2.07. The number of anilines is 1. The molecule has 1 amide bonds. The molecule has 2 aromatic rings. The minimum absolute atomic E-state index is 0.189. The highest BCUT2D eigenvalue weighted by Gasteiger charge is 2.16. The first-order chi connectivity index (χ1) is 9.54. The van der Waals surface area contributed by atoms with E-state index in [0.717, 1.165) is 22.0 Å². The normalized spacial score (nSPS) is 11.0. The monoisotopic (exact) mass is 271 g/mol. The van der Waals surface area contributed by atoms with Crippen LogP contribution in [0.25, 0.3) is 10.8 Å². The third kappa shape index (κ3) is 2.75. The summed E-state index contributed by atoms with van der Waals surface area (Å²) in [6.07, 6.45) is 0. The minimum Gasteiger partial charge on any atom is -0.368 e. The van der Waals surface area contributed by atoms with Crippen LogP contribution >= 0.6 is 0 Å². The van der Waals surface area contributed by atoms with E-state index in [1.807, 2.05) is 29.2 Å². The molecule has 0 saturated carbocycles. The summed E-state index contributed by atoms with van der Waals surface area (Å²) in [6, 6.07) is 12.3. The molecule has 0 fully saturated rings. The van der Waals surface area contributed by atoms with Crippen LogP contribution in [0.1, 0.15) is 19.4 Å². The molecule has 0 aromatic heterocycles. The molecule has 0 saturated heterocycles. The molecular formula is C16H21N3O. The number of rotatable bonds is 5. The van der Waals surface area contributed by atoms with E-state index >= 15 is 0 Å². The van der Waals surface area contributed by atoms with Gasteiger partial charge < -0.3 is 16.4 Å². The molecule has 2 rings (SSSR count). The molecular weight excluding hydrogens is 250 g/mol. The van der Waals surface area contributed by atoms with Crippen molar-refractivity contribution in [3.63, 3.8) is 0 Å². The van der Waals surface area contributed by atoms with Crippen LogP contribution in [0.15, 0.2) is 36.4 Å². The average molecular weight is 271 g/mol. The molecule has 4 heteroatoms. The van der Waals surface area contributed by atoms with Gasteiger partial charge in [-0.1, -0.05) is 30.3 Å². The van der Waals surface area contributed by atoms with Gasteiger partial charge in [0.05, 0.1) is 6.54 Å². The molecule has 0 unspecified atom stereocenters. The number of hydrogen-bond donors (Lipinski definition) is 2. The van der Waals surface area contributed by atoms with Crippen molar-refractivity contribution in [2.45, 2.75) is 26.4 Å². The summed E-state index contributed by atoms with van der Waals surface area (Å²) in [5.74, 6) is -0.328. The number of hydrogen-bond acceptors (Lipinski definition) is 3. The van der Waals surface area contributed by atoms with Crippen LogP contribution < -0.4 is 16.4 Å². The van der Waals surface area contributed by atoms with Crippen molar-refractivity contribution in [2.24, 2.45) is 11.5 Å². The summed E-state index contributed by atoms with van der Waals surface area (Å²) in [4.78, 5) is 13.3. The predicted molar refractivity (Wildman–Crippen MR) is 83.5 cm³/mol. The average Bonchev–Trinajstić information content (AvgIpc) is 2.43.